The predicted octanol–water partition coefficient (Wildman–Crippen LogP) is 3.68. The summed E-state index contributed by atoms with van der Waals surface area (Å²) in [4.78, 5) is 2.52. The average Bonchev–Trinajstić information content (AvgIpc) is 2.18. The van der Waals surface area contributed by atoms with Crippen LogP contribution in [0.4, 0.5) is 0 Å². The zero-order valence-electron chi connectivity index (χ0n) is 9.46. The topological polar surface area (TPSA) is 3.24 Å². The predicted molar refractivity (Wildman–Crippen MR) is 67.8 cm³/mol. The Kier molecular flexibility index (Phi) is 3.17. The highest BCUT2D eigenvalue weighted by Gasteiger charge is 2.36. The third kappa shape index (κ3) is 2.43. The molecule has 0 saturated carbocycles. The van der Waals surface area contributed by atoms with Crippen molar-refractivity contribution in [3.05, 3.63) is 34.3 Å². The van der Waals surface area contributed by atoms with E-state index in [4.69, 9.17) is 0 Å². The fourth-order valence-electron chi connectivity index (χ4n) is 2.24. The van der Waals surface area contributed by atoms with Gasteiger partial charge in [-0.1, -0.05) is 48.0 Å². The maximum absolute atomic E-state index is 3.60. The van der Waals surface area contributed by atoms with Crippen LogP contribution in [0.1, 0.15) is 25.8 Å². The molecular formula is C13H18BrN. The molecule has 1 saturated heterocycles. The Hall–Kier alpha value is -0.340. The maximum Gasteiger partial charge on any atom is 0.0245 e. The van der Waals surface area contributed by atoms with Crippen LogP contribution in [0.5, 0.6) is 0 Å². The minimum Gasteiger partial charge on any atom is -0.298 e. The Labute approximate surface area is 101 Å². The molecule has 1 aromatic carbocycles. The summed E-state index contributed by atoms with van der Waals surface area (Å²) in [6.45, 7) is 8.23. The molecule has 0 aliphatic carbocycles. The molecule has 15 heavy (non-hydrogen) atoms. The highest BCUT2D eigenvalue weighted by atomic mass is 79.9. The van der Waals surface area contributed by atoms with E-state index in [2.05, 4.69) is 58.9 Å². The molecule has 0 bridgehead atoms. The van der Waals surface area contributed by atoms with Crippen LogP contribution in [0.25, 0.3) is 0 Å². The smallest absolute Gasteiger partial charge is 0.0245 e. The molecule has 2 heteroatoms. The van der Waals surface area contributed by atoms with Gasteiger partial charge in [0.25, 0.3) is 0 Å². The van der Waals surface area contributed by atoms with Gasteiger partial charge in [-0.15, -0.1) is 0 Å². The normalized spacial score (nSPS) is 19.9. The van der Waals surface area contributed by atoms with Crippen LogP contribution in [0.2, 0.25) is 0 Å². The monoisotopic (exact) mass is 267 g/mol. The van der Waals surface area contributed by atoms with E-state index >= 15 is 0 Å². The SMILES string of the molecule is CCC1(C)CN(Cc2ccccc2Br)C1. The molecule has 0 atom stereocenters. The van der Waals surface area contributed by atoms with Gasteiger partial charge >= 0.3 is 0 Å². The molecule has 0 amide bonds. The van der Waals surface area contributed by atoms with E-state index in [-0.39, 0.29) is 0 Å². The van der Waals surface area contributed by atoms with E-state index in [0.717, 1.165) is 6.54 Å². The Morgan fingerprint density at radius 3 is 2.60 bits per heavy atom. The summed E-state index contributed by atoms with van der Waals surface area (Å²) in [5, 5.41) is 0. The first-order chi connectivity index (χ1) is 7.13. The van der Waals surface area contributed by atoms with Crippen molar-refractivity contribution in [3.8, 4) is 0 Å². The lowest BCUT2D eigenvalue weighted by Crippen LogP contribution is -2.53. The number of hydrogen-bond acceptors (Lipinski definition) is 1. The Morgan fingerprint density at radius 2 is 2.00 bits per heavy atom. The molecule has 1 fully saturated rings. The van der Waals surface area contributed by atoms with Gasteiger partial charge in [0.2, 0.25) is 0 Å². The van der Waals surface area contributed by atoms with Gasteiger partial charge in [-0.25, -0.2) is 0 Å². The zero-order chi connectivity index (χ0) is 10.9. The number of hydrogen-bond donors (Lipinski definition) is 0. The van der Waals surface area contributed by atoms with Crippen LogP contribution in [0.3, 0.4) is 0 Å². The van der Waals surface area contributed by atoms with Crippen molar-refractivity contribution in [2.45, 2.75) is 26.8 Å². The van der Waals surface area contributed by atoms with Crippen molar-refractivity contribution in [2.75, 3.05) is 13.1 Å². The Bertz CT molecular complexity index is 342. The van der Waals surface area contributed by atoms with E-state index in [1.807, 2.05) is 0 Å². The van der Waals surface area contributed by atoms with E-state index < -0.39 is 0 Å². The standard InChI is InChI=1S/C13H18BrN/c1-3-13(2)9-15(10-13)8-11-6-4-5-7-12(11)14/h4-7H,3,8-10H2,1-2H3. The summed E-state index contributed by atoms with van der Waals surface area (Å²) in [7, 11) is 0. The summed E-state index contributed by atoms with van der Waals surface area (Å²) < 4.78 is 1.23. The van der Waals surface area contributed by atoms with Gasteiger partial charge in [0.1, 0.15) is 0 Å². The van der Waals surface area contributed by atoms with Gasteiger partial charge in [-0.05, 0) is 23.5 Å². The highest BCUT2D eigenvalue weighted by molar-refractivity contribution is 9.10. The third-order valence-electron chi connectivity index (χ3n) is 3.42. The molecular weight excluding hydrogens is 250 g/mol. The molecule has 1 nitrogen and oxygen atoms in total. The molecule has 0 radical (unpaired) electrons. The number of halogens is 1. The fourth-order valence-corrected chi connectivity index (χ4v) is 2.65. The van der Waals surface area contributed by atoms with E-state index in [0.29, 0.717) is 5.41 Å². The van der Waals surface area contributed by atoms with Gasteiger partial charge in [0.05, 0.1) is 0 Å². The van der Waals surface area contributed by atoms with Crippen LogP contribution in [-0.2, 0) is 6.54 Å². The zero-order valence-corrected chi connectivity index (χ0v) is 11.0. The summed E-state index contributed by atoms with van der Waals surface area (Å²) >= 11 is 3.60. The first kappa shape index (κ1) is 11.2. The Balaban J connectivity index is 1.93. The summed E-state index contributed by atoms with van der Waals surface area (Å²) in [5.74, 6) is 0. The number of rotatable bonds is 3. The lowest BCUT2D eigenvalue weighted by atomic mass is 9.79. The molecule has 0 N–H and O–H groups in total. The molecule has 0 spiro atoms. The van der Waals surface area contributed by atoms with E-state index in [1.54, 1.807) is 0 Å². The summed E-state index contributed by atoms with van der Waals surface area (Å²) in [6, 6.07) is 8.50. The van der Waals surface area contributed by atoms with Crippen LogP contribution >= 0.6 is 15.9 Å². The second-order valence-electron chi connectivity index (χ2n) is 4.90. The van der Waals surface area contributed by atoms with Crippen LogP contribution in [0, 0.1) is 5.41 Å². The average molecular weight is 268 g/mol. The highest BCUT2D eigenvalue weighted by Crippen LogP contribution is 2.34. The number of benzene rings is 1. The van der Waals surface area contributed by atoms with Crippen molar-refractivity contribution in [1.29, 1.82) is 0 Å². The lowest BCUT2D eigenvalue weighted by Gasteiger charge is -2.48. The molecule has 0 aromatic heterocycles. The van der Waals surface area contributed by atoms with Gasteiger partial charge < -0.3 is 0 Å². The van der Waals surface area contributed by atoms with Crippen molar-refractivity contribution < 1.29 is 0 Å². The molecule has 1 heterocycles. The minimum absolute atomic E-state index is 0.571. The molecule has 1 aliphatic rings. The lowest BCUT2D eigenvalue weighted by molar-refractivity contribution is 0.00607. The quantitative estimate of drug-likeness (QED) is 0.808. The third-order valence-corrected chi connectivity index (χ3v) is 4.19. The molecule has 0 unspecified atom stereocenters. The maximum atomic E-state index is 3.60. The van der Waals surface area contributed by atoms with Crippen LogP contribution in [-0.4, -0.2) is 18.0 Å². The van der Waals surface area contributed by atoms with Crippen molar-refractivity contribution >= 4 is 15.9 Å². The van der Waals surface area contributed by atoms with Gasteiger partial charge in [-0.2, -0.15) is 0 Å². The van der Waals surface area contributed by atoms with Gasteiger partial charge in [-0.3, -0.25) is 4.90 Å². The molecule has 1 aliphatic heterocycles. The van der Waals surface area contributed by atoms with E-state index in [9.17, 15) is 0 Å². The van der Waals surface area contributed by atoms with E-state index in [1.165, 1.54) is 29.5 Å². The molecule has 82 valence electrons. The van der Waals surface area contributed by atoms with Gasteiger partial charge in [0.15, 0.2) is 0 Å². The second-order valence-corrected chi connectivity index (χ2v) is 5.76. The first-order valence-electron chi connectivity index (χ1n) is 5.59. The Morgan fingerprint density at radius 1 is 1.33 bits per heavy atom. The number of likely N-dealkylation sites (tertiary alicyclic amines) is 1. The first-order valence-corrected chi connectivity index (χ1v) is 6.38. The van der Waals surface area contributed by atoms with Crippen LogP contribution < -0.4 is 0 Å². The number of nitrogens with zero attached hydrogens (tertiary/aromatic N) is 1. The second kappa shape index (κ2) is 4.26. The minimum atomic E-state index is 0.571. The largest absolute Gasteiger partial charge is 0.298 e. The van der Waals surface area contributed by atoms with Crippen molar-refractivity contribution in [2.24, 2.45) is 5.41 Å². The fraction of sp³-hybridized carbons (Fsp3) is 0.538. The molecule has 1 aromatic rings. The summed E-state index contributed by atoms with van der Waals surface area (Å²) in [6.07, 6.45) is 1.29. The van der Waals surface area contributed by atoms with Crippen molar-refractivity contribution in [1.82, 2.24) is 4.90 Å². The molecule has 2 rings (SSSR count). The summed E-state index contributed by atoms with van der Waals surface area (Å²) in [5.41, 5.74) is 1.97. The van der Waals surface area contributed by atoms with Crippen molar-refractivity contribution in [3.63, 3.8) is 0 Å². The van der Waals surface area contributed by atoms with Gasteiger partial charge in [0, 0.05) is 24.1 Å². The van der Waals surface area contributed by atoms with Crippen LogP contribution in [0.15, 0.2) is 28.7 Å².